The zero-order valence-electron chi connectivity index (χ0n) is 13.9. The third-order valence-corrected chi connectivity index (χ3v) is 4.05. The molecule has 140 valence electrons. The summed E-state index contributed by atoms with van der Waals surface area (Å²) in [7, 11) is 0. The largest absolute Gasteiger partial charge is 0.451 e. The maximum Gasteiger partial charge on any atom is 0.330 e. The fourth-order valence-electron chi connectivity index (χ4n) is 2.04. The first-order chi connectivity index (χ1) is 12.9. The lowest BCUT2D eigenvalue weighted by molar-refractivity contribution is -0.154. The summed E-state index contributed by atoms with van der Waals surface area (Å²) in [6.07, 6.45) is -1.16. The van der Waals surface area contributed by atoms with E-state index in [4.69, 9.17) is 4.74 Å². The van der Waals surface area contributed by atoms with Crippen LogP contribution in [0, 0.1) is 11.6 Å². The summed E-state index contributed by atoms with van der Waals surface area (Å²) in [5, 5.41) is 17.7. The van der Waals surface area contributed by atoms with Crippen LogP contribution in [0.25, 0.3) is 11.4 Å². The van der Waals surface area contributed by atoms with E-state index in [9.17, 15) is 18.4 Å². The first kappa shape index (κ1) is 18.6. The minimum Gasteiger partial charge on any atom is -0.451 e. The van der Waals surface area contributed by atoms with Gasteiger partial charge in [-0.2, -0.15) is 16.1 Å². The van der Waals surface area contributed by atoms with E-state index in [0.29, 0.717) is 5.82 Å². The van der Waals surface area contributed by atoms with Crippen LogP contribution in [0.1, 0.15) is 6.92 Å². The van der Waals surface area contributed by atoms with Gasteiger partial charge in [-0.25, -0.2) is 13.6 Å². The van der Waals surface area contributed by atoms with Crippen molar-refractivity contribution in [2.75, 3.05) is 5.32 Å². The standard InChI is InChI=1S/C16H13F2N5O3S/c1-9(16(25)19-11-2-3-12(17)13(18)6-11)26-14(24)7-23-21-15(20-22-23)10-4-5-27-8-10/h2-6,8-9H,7H2,1H3,(H,19,25)/t9-/m0/s1. The number of aromatic nitrogens is 4. The predicted octanol–water partition coefficient (Wildman–Crippen LogP) is 2.25. The van der Waals surface area contributed by atoms with Crippen LogP contribution in [0.15, 0.2) is 35.0 Å². The van der Waals surface area contributed by atoms with Gasteiger partial charge in [-0.05, 0) is 35.7 Å². The molecule has 0 radical (unpaired) electrons. The molecule has 27 heavy (non-hydrogen) atoms. The number of hydrogen-bond donors (Lipinski definition) is 1. The summed E-state index contributed by atoms with van der Waals surface area (Å²) < 4.78 is 31.0. The van der Waals surface area contributed by atoms with E-state index in [2.05, 4.69) is 20.7 Å². The smallest absolute Gasteiger partial charge is 0.330 e. The van der Waals surface area contributed by atoms with Gasteiger partial charge in [0.2, 0.25) is 5.82 Å². The number of ether oxygens (including phenoxy) is 1. The van der Waals surface area contributed by atoms with Gasteiger partial charge in [0.15, 0.2) is 24.3 Å². The van der Waals surface area contributed by atoms with Crippen molar-refractivity contribution in [2.45, 2.75) is 19.6 Å². The van der Waals surface area contributed by atoms with Crippen LogP contribution < -0.4 is 5.32 Å². The molecule has 3 rings (SSSR count). The van der Waals surface area contributed by atoms with E-state index >= 15 is 0 Å². The topological polar surface area (TPSA) is 99.0 Å². The highest BCUT2D eigenvalue weighted by molar-refractivity contribution is 7.08. The number of rotatable bonds is 6. The van der Waals surface area contributed by atoms with Crippen molar-refractivity contribution in [3.63, 3.8) is 0 Å². The second-order valence-corrected chi connectivity index (χ2v) is 6.19. The Morgan fingerprint density at radius 3 is 2.81 bits per heavy atom. The molecule has 8 nitrogen and oxygen atoms in total. The number of nitrogens with one attached hydrogen (secondary N) is 1. The Balaban J connectivity index is 1.53. The minimum absolute atomic E-state index is 0.0418. The average molecular weight is 393 g/mol. The number of esters is 1. The lowest BCUT2D eigenvalue weighted by atomic mass is 10.3. The van der Waals surface area contributed by atoms with Gasteiger partial charge < -0.3 is 10.1 Å². The van der Waals surface area contributed by atoms with Gasteiger partial charge in [0, 0.05) is 22.7 Å². The maximum absolute atomic E-state index is 13.2. The molecule has 0 spiro atoms. The van der Waals surface area contributed by atoms with Gasteiger partial charge in [-0.15, -0.1) is 10.2 Å². The van der Waals surface area contributed by atoms with E-state index in [-0.39, 0.29) is 12.2 Å². The predicted molar refractivity (Wildman–Crippen MR) is 91.7 cm³/mol. The quantitative estimate of drug-likeness (QED) is 0.645. The average Bonchev–Trinajstić information content (AvgIpc) is 3.29. The normalized spacial score (nSPS) is 11.8. The number of anilines is 1. The molecule has 0 fully saturated rings. The summed E-state index contributed by atoms with van der Waals surface area (Å²) in [5.74, 6) is -3.21. The van der Waals surface area contributed by atoms with Gasteiger partial charge in [0.25, 0.3) is 5.91 Å². The van der Waals surface area contributed by atoms with E-state index < -0.39 is 29.6 Å². The Labute approximate surface area is 155 Å². The number of thiophene rings is 1. The van der Waals surface area contributed by atoms with Crippen LogP contribution >= 0.6 is 11.3 Å². The van der Waals surface area contributed by atoms with Crippen molar-refractivity contribution in [1.82, 2.24) is 20.2 Å². The number of halogens is 2. The first-order valence-corrected chi connectivity index (χ1v) is 8.62. The molecule has 0 aliphatic heterocycles. The molecule has 1 atom stereocenters. The second-order valence-electron chi connectivity index (χ2n) is 5.41. The second kappa shape index (κ2) is 7.99. The highest BCUT2D eigenvalue weighted by Gasteiger charge is 2.19. The van der Waals surface area contributed by atoms with Crippen molar-refractivity contribution < 1.29 is 23.1 Å². The fraction of sp³-hybridized carbons (Fsp3) is 0.188. The van der Waals surface area contributed by atoms with Gasteiger partial charge in [0.1, 0.15) is 0 Å². The fourth-order valence-corrected chi connectivity index (χ4v) is 2.67. The van der Waals surface area contributed by atoms with Crippen LogP contribution in [-0.2, 0) is 20.9 Å². The number of benzene rings is 1. The molecule has 1 aromatic carbocycles. The molecule has 1 N–H and O–H groups in total. The van der Waals surface area contributed by atoms with Crippen LogP contribution in [0.4, 0.5) is 14.5 Å². The first-order valence-electron chi connectivity index (χ1n) is 7.68. The molecular formula is C16H13F2N5O3S. The Bertz CT molecular complexity index is 961. The molecular weight excluding hydrogens is 380 g/mol. The monoisotopic (exact) mass is 393 g/mol. The Kier molecular flexibility index (Phi) is 5.50. The Morgan fingerprint density at radius 2 is 2.11 bits per heavy atom. The highest BCUT2D eigenvalue weighted by atomic mass is 32.1. The van der Waals surface area contributed by atoms with Crippen LogP contribution in [-0.4, -0.2) is 38.2 Å². The van der Waals surface area contributed by atoms with Crippen LogP contribution in [0.2, 0.25) is 0 Å². The van der Waals surface area contributed by atoms with Crippen molar-refractivity contribution in [1.29, 1.82) is 0 Å². The third-order valence-electron chi connectivity index (χ3n) is 3.37. The molecule has 2 heterocycles. The zero-order chi connectivity index (χ0) is 19.4. The lowest BCUT2D eigenvalue weighted by Crippen LogP contribution is -2.31. The van der Waals surface area contributed by atoms with E-state index in [0.717, 1.165) is 22.5 Å². The summed E-state index contributed by atoms with van der Waals surface area (Å²) >= 11 is 1.47. The molecule has 2 aromatic heterocycles. The maximum atomic E-state index is 13.2. The van der Waals surface area contributed by atoms with Gasteiger partial charge >= 0.3 is 5.97 Å². The summed E-state index contributed by atoms with van der Waals surface area (Å²) in [6, 6.07) is 4.71. The summed E-state index contributed by atoms with van der Waals surface area (Å²) in [4.78, 5) is 25.0. The van der Waals surface area contributed by atoms with Gasteiger partial charge in [-0.1, -0.05) is 0 Å². The highest BCUT2D eigenvalue weighted by Crippen LogP contribution is 2.16. The van der Waals surface area contributed by atoms with E-state index in [1.165, 1.54) is 24.3 Å². The van der Waals surface area contributed by atoms with Gasteiger partial charge in [0.05, 0.1) is 0 Å². The number of tetrazole rings is 1. The molecule has 0 bridgehead atoms. The van der Waals surface area contributed by atoms with Crippen molar-refractivity contribution in [3.8, 4) is 11.4 Å². The number of carbonyl (C=O) groups excluding carboxylic acids is 2. The SMILES string of the molecule is C[C@H](OC(=O)Cn1nnc(-c2ccsc2)n1)C(=O)Nc1ccc(F)c(F)c1. The Hall–Kier alpha value is -3.21. The molecule has 0 aliphatic rings. The van der Waals surface area contributed by atoms with Crippen molar-refractivity contribution in [2.24, 2.45) is 0 Å². The number of amides is 1. The molecule has 11 heteroatoms. The Morgan fingerprint density at radius 1 is 1.30 bits per heavy atom. The summed E-state index contributed by atoms with van der Waals surface area (Å²) in [5.41, 5.74) is 0.819. The minimum atomic E-state index is -1.16. The lowest BCUT2D eigenvalue weighted by Gasteiger charge is -2.13. The molecule has 0 saturated carbocycles. The van der Waals surface area contributed by atoms with Crippen LogP contribution in [0.5, 0.6) is 0 Å². The van der Waals surface area contributed by atoms with Crippen molar-refractivity contribution >= 4 is 28.9 Å². The van der Waals surface area contributed by atoms with E-state index in [1.54, 1.807) is 0 Å². The van der Waals surface area contributed by atoms with E-state index in [1.807, 2.05) is 16.8 Å². The molecule has 0 saturated heterocycles. The van der Waals surface area contributed by atoms with Gasteiger partial charge in [-0.3, -0.25) is 4.79 Å². The molecule has 0 aliphatic carbocycles. The zero-order valence-corrected chi connectivity index (χ0v) is 14.7. The third kappa shape index (κ3) is 4.70. The molecule has 1 amide bonds. The van der Waals surface area contributed by atoms with Crippen molar-refractivity contribution in [3.05, 3.63) is 46.7 Å². The number of hydrogen-bond acceptors (Lipinski definition) is 7. The number of nitrogens with zero attached hydrogens (tertiary/aromatic N) is 4. The molecule has 0 unspecified atom stereocenters. The summed E-state index contributed by atoms with van der Waals surface area (Å²) in [6.45, 7) is 1.01. The van der Waals surface area contributed by atoms with Crippen LogP contribution in [0.3, 0.4) is 0 Å². The molecule has 3 aromatic rings. The number of carbonyl (C=O) groups is 2.